The number of hydrogen-bond donors (Lipinski definition) is 1. The summed E-state index contributed by atoms with van der Waals surface area (Å²) in [5, 5.41) is 3.88. The SMILES string of the molecule is CCOc1ccc(N(CC(=O)N(Cc2ccc(Cl)cc2)C(Cc2ccccc2)C(=O)NCC(C)C)S(=O)(=O)c2ccc(Cl)cc2)cc1. The van der Waals surface area contributed by atoms with Crippen molar-refractivity contribution in [2.75, 3.05) is 24.0 Å². The molecule has 4 rings (SSSR count). The van der Waals surface area contributed by atoms with Crippen LogP contribution in [0.25, 0.3) is 0 Å². The number of halogens is 2. The zero-order valence-corrected chi connectivity index (χ0v) is 28.9. The van der Waals surface area contributed by atoms with Gasteiger partial charge < -0.3 is 15.0 Å². The molecular formula is C36H39Cl2N3O5S. The lowest BCUT2D eigenvalue weighted by molar-refractivity contribution is -0.140. The summed E-state index contributed by atoms with van der Waals surface area (Å²) in [6.07, 6.45) is 0.219. The Morgan fingerprint density at radius 3 is 1.98 bits per heavy atom. The number of nitrogens with one attached hydrogen (secondary N) is 1. The molecule has 0 spiro atoms. The molecule has 1 atom stereocenters. The molecule has 8 nitrogen and oxygen atoms in total. The van der Waals surface area contributed by atoms with E-state index in [9.17, 15) is 18.0 Å². The van der Waals surface area contributed by atoms with Crippen molar-refractivity contribution < 1.29 is 22.7 Å². The van der Waals surface area contributed by atoms with Gasteiger partial charge in [-0.1, -0.05) is 79.5 Å². The van der Waals surface area contributed by atoms with Gasteiger partial charge in [-0.15, -0.1) is 0 Å². The minimum atomic E-state index is -4.26. The van der Waals surface area contributed by atoms with Crippen molar-refractivity contribution in [2.45, 2.75) is 44.7 Å². The van der Waals surface area contributed by atoms with Crippen molar-refractivity contribution in [3.05, 3.63) is 124 Å². The maximum Gasteiger partial charge on any atom is 0.264 e. The zero-order valence-electron chi connectivity index (χ0n) is 26.6. The summed E-state index contributed by atoms with van der Waals surface area (Å²) in [7, 11) is -4.26. The van der Waals surface area contributed by atoms with E-state index in [0.29, 0.717) is 28.9 Å². The molecule has 11 heteroatoms. The molecule has 47 heavy (non-hydrogen) atoms. The first-order chi connectivity index (χ1) is 22.5. The van der Waals surface area contributed by atoms with Crippen molar-refractivity contribution in [1.82, 2.24) is 10.2 Å². The van der Waals surface area contributed by atoms with Crippen molar-refractivity contribution in [3.8, 4) is 5.75 Å². The summed E-state index contributed by atoms with van der Waals surface area (Å²) < 4.78 is 34.9. The molecular weight excluding hydrogens is 657 g/mol. The number of ether oxygens (including phenoxy) is 1. The van der Waals surface area contributed by atoms with Crippen molar-refractivity contribution in [2.24, 2.45) is 5.92 Å². The molecule has 0 aromatic heterocycles. The molecule has 0 aliphatic heterocycles. The average Bonchev–Trinajstić information content (AvgIpc) is 3.06. The second-order valence-electron chi connectivity index (χ2n) is 11.4. The van der Waals surface area contributed by atoms with E-state index in [4.69, 9.17) is 27.9 Å². The van der Waals surface area contributed by atoms with E-state index in [1.54, 1.807) is 48.5 Å². The highest BCUT2D eigenvalue weighted by molar-refractivity contribution is 7.92. The van der Waals surface area contributed by atoms with Crippen LogP contribution in [0.4, 0.5) is 5.69 Å². The van der Waals surface area contributed by atoms with E-state index in [0.717, 1.165) is 15.4 Å². The zero-order chi connectivity index (χ0) is 34.0. The Labute approximate surface area is 287 Å². The lowest BCUT2D eigenvalue weighted by Crippen LogP contribution is -2.53. The number of sulfonamides is 1. The standard InChI is InChI=1S/C36H39Cl2N3O5S/c1-4-46-32-18-16-31(17-19-32)41(47(44,45)33-20-14-30(38)15-21-33)25-35(42)40(24-28-10-12-29(37)13-11-28)34(36(43)39-23-26(2)3)22-27-8-6-5-7-9-27/h5-21,26,34H,4,22-25H2,1-3H3,(H,39,43). The van der Waals surface area contributed by atoms with Crippen LogP contribution in [0.15, 0.2) is 108 Å². The van der Waals surface area contributed by atoms with Crippen LogP contribution in [0.3, 0.4) is 0 Å². The molecule has 0 heterocycles. The van der Waals surface area contributed by atoms with E-state index >= 15 is 0 Å². The predicted octanol–water partition coefficient (Wildman–Crippen LogP) is 7.00. The van der Waals surface area contributed by atoms with Crippen LogP contribution in [-0.4, -0.2) is 50.9 Å². The third-order valence-electron chi connectivity index (χ3n) is 7.34. The number of amides is 2. The summed E-state index contributed by atoms with van der Waals surface area (Å²) in [4.78, 5) is 29.8. The molecule has 0 bridgehead atoms. The maximum atomic E-state index is 14.5. The fourth-order valence-electron chi connectivity index (χ4n) is 4.90. The van der Waals surface area contributed by atoms with Gasteiger partial charge in [-0.2, -0.15) is 0 Å². The normalized spacial score (nSPS) is 12.0. The third-order valence-corrected chi connectivity index (χ3v) is 9.63. The third kappa shape index (κ3) is 9.97. The molecule has 0 fully saturated rings. The fraction of sp³-hybridized carbons (Fsp3) is 0.278. The second kappa shape index (κ2) is 16.7. The van der Waals surface area contributed by atoms with Crippen LogP contribution < -0.4 is 14.4 Å². The van der Waals surface area contributed by atoms with Crippen LogP contribution in [0.5, 0.6) is 5.75 Å². The number of carbonyl (C=O) groups is 2. The van der Waals surface area contributed by atoms with E-state index in [2.05, 4.69) is 5.32 Å². The van der Waals surface area contributed by atoms with Gasteiger partial charge in [0.25, 0.3) is 10.0 Å². The molecule has 0 aliphatic rings. The molecule has 2 amide bonds. The monoisotopic (exact) mass is 695 g/mol. The largest absolute Gasteiger partial charge is 0.494 e. The van der Waals surface area contributed by atoms with Crippen LogP contribution in [0.1, 0.15) is 31.9 Å². The van der Waals surface area contributed by atoms with Gasteiger partial charge >= 0.3 is 0 Å². The van der Waals surface area contributed by atoms with Gasteiger partial charge in [0.05, 0.1) is 17.2 Å². The highest BCUT2D eigenvalue weighted by atomic mass is 35.5. The lowest BCUT2D eigenvalue weighted by atomic mass is 10.0. The highest BCUT2D eigenvalue weighted by Gasteiger charge is 2.34. The number of hydrogen-bond acceptors (Lipinski definition) is 5. The Morgan fingerprint density at radius 2 is 1.40 bits per heavy atom. The molecule has 248 valence electrons. The first kappa shape index (κ1) is 35.8. The van der Waals surface area contributed by atoms with Gasteiger partial charge in [-0.3, -0.25) is 13.9 Å². The second-order valence-corrected chi connectivity index (χ2v) is 14.1. The fourth-order valence-corrected chi connectivity index (χ4v) is 6.57. The number of carbonyl (C=O) groups excluding carboxylic acids is 2. The summed E-state index contributed by atoms with van der Waals surface area (Å²) in [5.74, 6) is -0.165. The number of benzene rings is 4. The van der Waals surface area contributed by atoms with Gasteiger partial charge in [-0.05, 0) is 84.6 Å². The van der Waals surface area contributed by atoms with E-state index in [1.165, 1.54) is 29.2 Å². The molecule has 0 saturated carbocycles. The highest BCUT2D eigenvalue weighted by Crippen LogP contribution is 2.28. The first-order valence-corrected chi connectivity index (χ1v) is 17.5. The van der Waals surface area contributed by atoms with Gasteiger partial charge in [-0.25, -0.2) is 8.42 Å². The summed E-state index contributed by atoms with van der Waals surface area (Å²) in [5.41, 5.74) is 1.83. The number of nitrogens with zero attached hydrogens (tertiary/aromatic N) is 2. The van der Waals surface area contributed by atoms with E-state index in [-0.39, 0.29) is 35.4 Å². The summed E-state index contributed by atoms with van der Waals surface area (Å²) >= 11 is 12.2. The topological polar surface area (TPSA) is 96.0 Å². The van der Waals surface area contributed by atoms with Crippen molar-refractivity contribution in [1.29, 1.82) is 0 Å². The average molecular weight is 697 g/mol. The predicted molar refractivity (Wildman–Crippen MR) is 187 cm³/mol. The van der Waals surface area contributed by atoms with Crippen molar-refractivity contribution >= 4 is 50.7 Å². The minimum Gasteiger partial charge on any atom is -0.494 e. The Kier molecular flexibility index (Phi) is 12.7. The lowest BCUT2D eigenvalue weighted by Gasteiger charge is -2.34. The van der Waals surface area contributed by atoms with Crippen LogP contribution >= 0.6 is 23.2 Å². The molecule has 0 aliphatic carbocycles. The molecule has 1 unspecified atom stereocenters. The van der Waals surface area contributed by atoms with Gasteiger partial charge in [0.15, 0.2) is 0 Å². The molecule has 4 aromatic rings. The Bertz CT molecular complexity index is 1720. The van der Waals surface area contributed by atoms with E-state index < -0.39 is 28.5 Å². The summed E-state index contributed by atoms with van der Waals surface area (Å²) in [6, 6.07) is 27.7. The van der Waals surface area contributed by atoms with E-state index in [1.807, 2.05) is 51.1 Å². The van der Waals surface area contributed by atoms with Gasteiger partial charge in [0.2, 0.25) is 11.8 Å². The quantitative estimate of drug-likeness (QED) is 0.145. The number of rotatable bonds is 15. The Morgan fingerprint density at radius 1 is 0.809 bits per heavy atom. The molecule has 0 saturated heterocycles. The number of anilines is 1. The Balaban J connectivity index is 1.79. The van der Waals surface area contributed by atoms with Gasteiger partial charge in [0.1, 0.15) is 18.3 Å². The smallest absolute Gasteiger partial charge is 0.264 e. The van der Waals surface area contributed by atoms with Crippen LogP contribution in [-0.2, 0) is 32.6 Å². The van der Waals surface area contributed by atoms with Crippen LogP contribution in [0, 0.1) is 5.92 Å². The minimum absolute atomic E-state index is 0.0386. The first-order valence-electron chi connectivity index (χ1n) is 15.3. The molecule has 1 N–H and O–H groups in total. The van der Waals surface area contributed by atoms with Crippen LogP contribution in [0.2, 0.25) is 10.0 Å². The molecule has 4 aromatic carbocycles. The maximum absolute atomic E-state index is 14.5. The Hall–Kier alpha value is -4.05. The van der Waals surface area contributed by atoms with Crippen molar-refractivity contribution in [3.63, 3.8) is 0 Å². The summed E-state index contributed by atoms with van der Waals surface area (Å²) in [6.45, 7) is 6.14. The molecule has 0 radical (unpaired) electrons. The van der Waals surface area contributed by atoms with Gasteiger partial charge in [0, 0.05) is 29.6 Å².